The molecule has 0 bridgehead atoms. The molecule has 2 aliphatic rings. The van der Waals surface area contributed by atoms with Gasteiger partial charge in [0.15, 0.2) is 5.88 Å². The molecule has 26 heavy (non-hydrogen) atoms. The molecule has 0 unspecified atom stereocenters. The number of benzene rings is 1. The average Bonchev–Trinajstić information content (AvgIpc) is 3.21. The number of thioether (sulfide) groups is 1. The minimum absolute atomic E-state index is 0.317. The number of rotatable bonds is 3. The van der Waals surface area contributed by atoms with Crippen LogP contribution in [0.1, 0.15) is 5.76 Å². The Morgan fingerprint density at radius 1 is 1.12 bits per heavy atom. The Balaban J connectivity index is 1.56. The first-order chi connectivity index (χ1) is 12.6. The first kappa shape index (κ1) is 17.2. The summed E-state index contributed by atoms with van der Waals surface area (Å²) in [5.41, 5.74) is 0.455. The molecule has 0 saturated carbocycles. The number of imide groups is 1. The van der Waals surface area contributed by atoms with Crippen molar-refractivity contribution in [2.45, 2.75) is 0 Å². The second-order valence-corrected chi connectivity index (χ2v) is 7.20. The van der Waals surface area contributed by atoms with Gasteiger partial charge in [-0.3, -0.25) is 9.59 Å². The molecule has 0 aliphatic carbocycles. The zero-order valence-corrected chi connectivity index (χ0v) is 15.3. The summed E-state index contributed by atoms with van der Waals surface area (Å²) in [5, 5.41) is 0.107. The third-order valence-corrected chi connectivity index (χ3v) is 5.17. The van der Waals surface area contributed by atoms with Gasteiger partial charge in [0.1, 0.15) is 5.76 Å². The van der Waals surface area contributed by atoms with Crippen LogP contribution in [0.3, 0.4) is 0 Å². The van der Waals surface area contributed by atoms with Crippen molar-refractivity contribution in [2.75, 3.05) is 36.1 Å². The Labute approximate surface area is 159 Å². The van der Waals surface area contributed by atoms with E-state index in [1.165, 1.54) is 0 Å². The summed E-state index contributed by atoms with van der Waals surface area (Å²) in [6.07, 6.45) is 1.60. The lowest BCUT2D eigenvalue weighted by atomic mass is 10.3. The molecular formula is C18H15ClN2O4S. The standard InChI is InChI=1S/C18H15ClN2O4S/c19-12-2-1-3-13(10-12)21-17(22)15(26-18(21)23)11-14-4-5-16(25-14)20-6-8-24-9-7-20/h1-5,10-11H,6-9H2/b15-11+. The van der Waals surface area contributed by atoms with Crippen LogP contribution < -0.4 is 9.80 Å². The van der Waals surface area contributed by atoms with E-state index in [1.54, 1.807) is 36.4 Å². The highest BCUT2D eigenvalue weighted by molar-refractivity contribution is 8.19. The molecule has 2 fully saturated rings. The lowest BCUT2D eigenvalue weighted by Crippen LogP contribution is -2.35. The maximum absolute atomic E-state index is 12.6. The zero-order valence-electron chi connectivity index (χ0n) is 13.7. The van der Waals surface area contributed by atoms with Crippen molar-refractivity contribution < 1.29 is 18.7 Å². The molecule has 0 atom stereocenters. The summed E-state index contributed by atoms with van der Waals surface area (Å²) in [6.45, 7) is 2.85. The lowest BCUT2D eigenvalue weighted by molar-refractivity contribution is -0.113. The number of halogens is 1. The summed E-state index contributed by atoms with van der Waals surface area (Å²) >= 11 is 6.85. The lowest BCUT2D eigenvalue weighted by Gasteiger charge is -2.26. The SMILES string of the molecule is O=C1S/C(=C/c2ccc(N3CCOCC3)o2)C(=O)N1c1cccc(Cl)c1. The topological polar surface area (TPSA) is 63.0 Å². The van der Waals surface area contributed by atoms with Crippen LogP contribution in [-0.2, 0) is 9.53 Å². The second kappa shape index (κ2) is 7.19. The molecule has 0 spiro atoms. The predicted octanol–water partition coefficient (Wildman–Crippen LogP) is 4.01. The molecule has 3 heterocycles. The maximum Gasteiger partial charge on any atom is 0.298 e. The molecule has 1 aromatic carbocycles. The second-order valence-electron chi connectivity index (χ2n) is 5.77. The van der Waals surface area contributed by atoms with Gasteiger partial charge in [0.25, 0.3) is 11.1 Å². The smallest absolute Gasteiger partial charge is 0.298 e. The molecule has 0 radical (unpaired) electrons. The van der Waals surface area contributed by atoms with Crippen LogP contribution in [-0.4, -0.2) is 37.4 Å². The normalized spacial score (nSPS) is 19.7. The van der Waals surface area contributed by atoms with Crippen LogP contribution in [0.5, 0.6) is 0 Å². The van der Waals surface area contributed by atoms with Crippen molar-refractivity contribution in [1.29, 1.82) is 0 Å². The monoisotopic (exact) mass is 390 g/mol. The number of amides is 2. The van der Waals surface area contributed by atoms with Crippen molar-refractivity contribution in [3.05, 3.63) is 52.1 Å². The summed E-state index contributed by atoms with van der Waals surface area (Å²) in [6, 6.07) is 10.3. The molecule has 0 N–H and O–H groups in total. The number of hydrogen-bond donors (Lipinski definition) is 0. The molecule has 2 aromatic rings. The van der Waals surface area contributed by atoms with Crippen LogP contribution in [0.15, 0.2) is 45.7 Å². The molecular weight excluding hydrogens is 376 g/mol. The number of morpholine rings is 1. The Bertz CT molecular complexity index is 889. The van der Waals surface area contributed by atoms with Gasteiger partial charge in [0.05, 0.1) is 23.8 Å². The summed E-state index contributed by atoms with van der Waals surface area (Å²) in [5.74, 6) is 0.878. The van der Waals surface area contributed by atoms with Crippen molar-refractivity contribution >= 4 is 52.2 Å². The average molecular weight is 391 g/mol. The van der Waals surface area contributed by atoms with Crippen LogP contribution >= 0.6 is 23.4 Å². The van der Waals surface area contributed by atoms with E-state index >= 15 is 0 Å². The van der Waals surface area contributed by atoms with Crippen LogP contribution in [0.4, 0.5) is 16.4 Å². The van der Waals surface area contributed by atoms with E-state index in [9.17, 15) is 9.59 Å². The van der Waals surface area contributed by atoms with E-state index in [0.29, 0.717) is 34.6 Å². The fraction of sp³-hybridized carbons (Fsp3) is 0.222. The van der Waals surface area contributed by atoms with E-state index in [-0.39, 0.29) is 11.1 Å². The highest BCUT2D eigenvalue weighted by Gasteiger charge is 2.36. The molecule has 8 heteroatoms. The number of hydrogen-bond acceptors (Lipinski definition) is 6. The van der Waals surface area contributed by atoms with Gasteiger partial charge in [-0.05, 0) is 36.0 Å². The highest BCUT2D eigenvalue weighted by atomic mass is 35.5. The minimum Gasteiger partial charge on any atom is -0.441 e. The van der Waals surface area contributed by atoms with E-state index < -0.39 is 0 Å². The first-order valence-electron chi connectivity index (χ1n) is 8.08. The number of carbonyl (C=O) groups is 2. The van der Waals surface area contributed by atoms with Crippen molar-refractivity contribution in [3.63, 3.8) is 0 Å². The van der Waals surface area contributed by atoms with Gasteiger partial charge in [0, 0.05) is 30.3 Å². The van der Waals surface area contributed by atoms with Gasteiger partial charge >= 0.3 is 0 Å². The maximum atomic E-state index is 12.6. The van der Waals surface area contributed by atoms with E-state index in [2.05, 4.69) is 4.90 Å². The molecule has 134 valence electrons. The number of ether oxygens (including phenoxy) is 1. The van der Waals surface area contributed by atoms with Crippen LogP contribution in [0.2, 0.25) is 5.02 Å². The Morgan fingerprint density at radius 3 is 2.69 bits per heavy atom. The molecule has 4 rings (SSSR count). The summed E-state index contributed by atoms with van der Waals surface area (Å²) < 4.78 is 11.1. The Morgan fingerprint density at radius 2 is 1.92 bits per heavy atom. The zero-order chi connectivity index (χ0) is 18.1. The quantitative estimate of drug-likeness (QED) is 0.738. The number of nitrogens with zero attached hydrogens (tertiary/aromatic N) is 2. The summed E-state index contributed by atoms with van der Waals surface area (Å²) in [4.78, 5) is 28.4. The third kappa shape index (κ3) is 3.38. The van der Waals surface area contributed by atoms with Gasteiger partial charge in [-0.1, -0.05) is 17.7 Å². The fourth-order valence-electron chi connectivity index (χ4n) is 2.81. The van der Waals surface area contributed by atoms with E-state index in [1.807, 2.05) is 6.07 Å². The first-order valence-corrected chi connectivity index (χ1v) is 9.27. The minimum atomic E-state index is -0.383. The summed E-state index contributed by atoms with van der Waals surface area (Å²) in [7, 11) is 0. The fourth-order valence-corrected chi connectivity index (χ4v) is 3.81. The Hall–Kier alpha value is -2.22. The molecule has 1 aromatic heterocycles. The van der Waals surface area contributed by atoms with Gasteiger partial charge in [-0.2, -0.15) is 0 Å². The van der Waals surface area contributed by atoms with E-state index in [4.69, 9.17) is 20.8 Å². The van der Waals surface area contributed by atoms with E-state index in [0.717, 1.165) is 35.6 Å². The van der Waals surface area contributed by atoms with Gasteiger partial charge in [-0.15, -0.1) is 0 Å². The predicted molar refractivity (Wildman–Crippen MR) is 102 cm³/mol. The molecule has 2 saturated heterocycles. The van der Waals surface area contributed by atoms with Gasteiger partial charge < -0.3 is 14.1 Å². The third-order valence-electron chi connectivity index (χ3n) is 4.07. The number of carbonyl (C=O) groups excluding carboxylic acids is 2. The van der Waals surface area contributed by atoms with Gasteiger partial charge in [0.2, 0.25) is 0 Å². The number of anilines is 2. The number of furan rings is 1. The van der Waals surface area contributed by atoms with Crippen molar-refractivity contribution in [2.24, 2.45) is 0 Å². The Kier molecular flexibility index (Phi) is 4.76. The molecule has 2 amide bonds. The van der Waals surface area contributed by atoms with Crippen molar-refractivity contribution in [3.8, 4) is 0 Å². The highest BCUT2D eigenvalue weighted by Crippen LogP contribution is 2.36. The van der Waals surface area contributed by atoms with Crippen molar-refractivity contribution in [1.82, 2.24) is 0 Å². The van der Waals surface area contributed by atoms with Crippen LogP contribution in [0.25, 0.3) is 6.08 Å². The molecule has 2 aliphatic heterocycles. The molecule has 6 nitrogen and oxygen atoms in total. The van der Waals surface area contributed by atoms with Gasteiger partial charge in [-0.25, -0.2) is 4.90 Å². The van der Waals surface area contributed by atoms with Crippen LogP contribution in [0, 0.1) is 0 Å². The largest absolute Gasteiger partial charge is 0.441 e.